The molecule has 0 aliphatic carbocycles. The number of hydrogen-bond acceptors (Lipinski definition) is 8. The minimum absolute atomic E-state index is 0.172. The monoisotopic (exact) mass is 423 g/mol. The molecule has 2 saturated heterocycles. The van der Waals surface area contributed by atoms with Crippen LogP contribution in [0.25, 0.3) is 0 Å². The summed E-state index contributed by atoms with van der Waals surface area (Å²) in [7, 11) is 0. The maximum absolute atomic E-state index is 12.0. The first kappa shape index (κ1) is 20.6. The first-order valence-electron chi connectivity index (χ1n) is 10.1. The molecule has 0 unspecified atom stereocenters. The topological polar surface area (TPSA) is 91.3 Å². The number of nitrogens with zero attached hydrogens (tertiary/aromatic N) is 2. The Morgan fingerprint density at radius 2 is 1.29 bits per heavy atom. The molecule has 2 aromatic carbocycles. The fourth-order valence-electron chi connectivity index (χ4n) is 3.59. The second-order valence-corrected chi connectivity index (χ2v) is 7.92. The highest BCUT2D eigenvalue weighted by atomic mass is 16.7. The summed E-state index contributed by atoms with van der Waals surface area (Å²) in [5.74, 6) is -2.40. The lowest BCUT2D eigenvalue weighted by Crippen LogP contribution is -2.46. The highest BCUT2D eigenvalue weighted by Gasteiger charge is 2.38. The number of piperazine rings is 1. The molecule has 2 fully saturated rings. The molecule has 0 radical (unpaired) electrons. The van der Waals surface area contributed by atoms with Gasteiger partial charge < -0.3 is 29.7 Å². The SMILES string of the molecule is CC1(C)OC(=O)C(=CNc2ccc(N3CCN(c4ccc(O)cc4)CC3)cc2)C(=O)O1. The van der Waals surface area contributed by atoms with Crippen molar-refractivity contribution in [2.45, 2.75) is 19.6 Å². The number of hydrogen-bond donors (Lipinski definition) is 2. The summed E-state index contributed by atoms with van der Waals surface area (Å²) in [6.45, 7) is 6.55. The van der Waals surface area contributed by atoms with Gasteiger partial charge in [0.2, 0.25) is 0 Å². The van der Waals surface area contributed by atoms with E-state index in [0.29, 0.717) is 0 Å². The molecule has 8 nitrogen and oxygen atoms in total. The molecular weight excluding hydrogens is 398 g/mol. The van der Waals surface area contributed by atoms with Crippen LogP contribution in [-0.4, -0.2) is 49.0 Å². The normalized spacial score (nSPS) is 18.3. The van der Waals surface area contributed by atoms with Gasteiger partial charge in [0.15, 0.2) is 5.57 Å². The van der Waals surface area contributed by atoms with Crippen LogP contribution in [0.1, 0.15) is 13.8 Å². The summed E-state index contributed by atoms with van der Waals surface area (Å²) in [6.07, 6.45) is 1.31. The number of anilines is 3. The summed E-state index contributed by atoms with van der Waals surface area (Å²) in [5, 5.41) is 12.4. The van der Waals surface area contributed by atoms with Gasteiger partial charge in [0, 0.05) is 63.3 Å². The molecule has 4 rings (SSSR count). The van der Waals surface area contributed by atoms with Crippen LogP contribution in [0.5, 0.6) is 5.75 Å². The molecule has 0 aromatic heterocycles. The van der Waals surface area contributed by atoms with E-state index in [4.69, 9.17) is 9.47 Å². The van der Waals surface area contributed by atoms with Crippen molar-refractivity contribution in [1.29, 1.82) is 0 Å². The maximum Gasteiger partial charge on any atom is 0.350 e. The largest absolute Gasteiger partial charge is 0.508 e. The van der Waals surface area contributed by atoms with Crippen LogP contribution < -0.4 is 15.1 Å². The zero-order valence-electron chi connectivity index (χ0n) is 17.5. The van der Waals surface area contributed by atoms with Crippen molar-refractivity contribution < 1.29 is 24.2 Å². The third-order valence-electron chi connectivity index (χ3n) is 5.23. The number of benzene rings is 2. The summed E-state index contributed by atoms with van der Waals surface area (Å²) < 4.78 is 10.2. The standard InChI is InChI=1S/C23H25N3O5/c1-23(2)30-21(28)20(22(29)31-23)15-24-16-3-5-17(6-4-16)25-11-13-26(14-12-25)18-7-9-19(27)10-8-18/h3-10,15,24,27H,11-14H2,1-2H3. The number of phenolic OH excluding ortho intramolecular Hbond substituents is 1. The quantitative estimate of drug-likeness (QED) is 0.441. The van der Waals surface area contributed by atoms with E-state index < -0.39 is 17.7 Å². The minimum atomic E-state index is -1.25. The Kier molecular flexibility index (Phi) is 5.46. The number of aromatic hydroxyl groups is 1. The number of nitrogens with one attached hydrogen (secondary N) is 1. The van der Waals surface area contributed by atoms with Crippen LogP contribution in [-0.2, 0) is 19.1 Å². The van der Waals surface area contributed by atoms with E-state index in [2.05, 4.69) is 15.1 Å². The van der Waals surface area contributed by atoms with E-state index >= 15 is 0 Å². The zero-order chi connectivity index (χ0) is 22.0. The number of cyclic esters (lactones) is 2. The summed E-state index contributed by atoms with van der Waals surface area (Å²) >= 11 is 0. The maximum atomic E-state index is 12.0. The molecule has 8 heteroatoms. The Balaban J connectivity index is 1.34. The summed E-state index contributed by atoms with van der Waals surface area (Å²) in [6, 6.07) is 15.0. The molecule has 162 valence electrons. The number of carbonyl (C=O) groups excluding carboxylic acids is 2. The number of ether oxygens (including phenoxy) is 2. The molecule has 2 aromatic rings. The van der Waals surface area contributed by atoms with E-state index in [1.54, 1.807) is 12.1 Å². The Bertz CT molecular complexity index is 969. The van der Waals surface area contributed by atoms with Crippen molar-refractivity contribution in [3.63, 3.8) is 0 Å². The molecule has 0 spiro atoms. The van der Waals surface area contributed by atoms with Gasteiger partial charge in [-0.25, -0.2) is 9.59 Å². The predicted octanol–water partition coefficient (Wildman–Crippen LogP) is 2.85. The first-order chi connectivity index (χ1) is 14.8. The average Bonchev–Trinajstić information content (AvgIpc) is 2.73. The number of rotatable bonds is 4. The van der Waals surface area contributed by atoms with Crippen molar-refractivity contribution in [3.8, 4) is 5.75 Å². The molecule has 2 N–H and O–H groups in total. The van der Waals surface area contributed by atoms with Crippen LogP contribution in [0, 0.1) is 0 Å². The van der Waals surface area contributed by atoms with E-state index in [1.807, 2.05) is 36.4 Å². The molecule has 0 amide bonds. The van der Waals surface area contributed by atoms with Gasteiger partial charge in [0.1, 0.15) is 5.75 Å². The van der Waals surface area contributed by atoms with E-state index in [-0.39, 0.29) is 11.3 Å². The van der Waals surface area contributed by atoms with Crippen LogP contribution in [0.4, 0.5) is 17.1 Å². The third-order valence-corrected chi connectivity index (χ3v) is 5.23. The molecular formula is C23H25N3O5. The number of phenols is 1. The molecule has 2 aliphatic heterocycles. The van der Waals surface area contributed by atoms with Gasteiger partial charge in [-0.2, -0.15) is 0 Å². The van der Waals surface area contributed by atoms with Gasteiger partial charge in [0.25, 0.3) is 5.79 Å². The van der Waals surface area contributed by atoms with Crippen LogP contribution >= 0.6 is 0 Å². The lowest BCUT2D eigenvalue weighted by Gasteiger charge is -2.37. The minimum Gasteiger partial charge on any atom is -0.508 e. The van der Waals surface area contributed by atoms with Gasteiger partial charge >= 0.3 is 11.9 Å². The van der Waals surface area contributed by atoms with Crippen molar-refractivity contribution in [2.75, 3.05) is 41.3 Å². The third kappa shape index (κ3) is 4.74. The zero-order valence-corrected chi connectivity index (χ0v) is 17.5. The fourth-order valence-corrected chi connectivity index (χ4v) is 3.59. The van der Waals surface area contributed by atoms with E-state index in [1.165, 1.54) is 20.0 Å². The van der Waals surface area contributed by atoms with E-state index in [0.717, 1.165) is 43.2 Å². The predicted molar refractivity (Wildman–Crippen MR) is 117 cm³/mol. The molecule has 31 heavy (non-hydrogen) atoms. The number of esters is 2. The average molecular weight is 423 g/mol. The fraction of sp³-hybridized carbons (Fsp3) is 0.304. The molecule has 2 aliphatic rings. The van der Waals surface area contributed by atoms with Crippen LogP contribution in [0.15, 0.2) is 60.3 Å². The van der Waals surface area contributed by atoms with E-state index in [9.17, 15) is 14.7 Å². The van der Waals surface area contributed by atoms with Crippen molar-refractivity contribution in [1.82, 2.24) is 0 Å². The smallest absolute Gasteiger partial charge is 0.350 e. The lowest BCUT2D eigenvalue weighted by atomic mass is 10.2. The molecule has 2 heterocycles. The second-order valence-electron chi connectivity index (χ2n) is 7.92. The van der Waals surface area contributed by atoms with Gasteiger partial charge in [-0.15, -0.1) is 0 Å². The second kappa shape index (κ2) is 8.22. The van der Waals surface area contributed by atoms with Gasteiger partial charge in [-0.3, -0.25) is 0 Å². The molecule has 0 saturated carbocycles. The highest BCUT2D eigenvalue weighted by molar-refractivity contribution is 6.15. The van der Waals surface area contributed by atoms with Gasteiger partial charge in [-0.1, -0.05) is 0 Å². The summed E-state index contributed by atoms with van der Waals surface area (Å²) in [5.41, 5.74) is 2.77. The Morgan fingerprint density at radius 3 is 1.77 bits per heavy atom. The first-order valence-corrected chi connectivity index (χ1v) is 10.1. The van der Waals surface area contributed by atoms with Crippen LogP contribution in [0.3, 0.4) is 0 Å². The number of carbonyl (C=O) groups is 2. The lowest BCUT2D eigenvalue weighted by molar-refractivity contribution is -0.222. The van der Waals surface area contributed by atoms with Gasteiger partial charge in [0.05, 0.1) is 0 Å². The Morgan fingerprint density at radius 1 is 0.839 bits per heavy atom. The van der Waals surface area contributed by atoms with Crippen molar-refractivity contribution in [2.24, 2.45) is 0 Å². The Labute approximate surface area is 180 Å². The van der Waals surface area contributed by atoms with Crippen LogP contribution in [0.2, 0.25) is 0 Å². The summed E-state index contributed by atoms with van der Waals surface area (Å²) in [4.78, 5) is 28.6. The van der Waals surface area contributed by atoms with Gasteiger partial charge in [-0.05, 0) is 48.5 Å². The van der Waals surface area contributed by atoms with Crippen molar-refractivity contribution >= 4 is 29.0 Å². The molecule has 0 atom stereocenters. The molecule has 0 bridgehead atoms. The highest BCUT2D eigenvalue weighted by Crippen LogP contribution is 2.25. The Hall–Kier alpha value is -3.68. The van der Waals surface area contributed by atoms with Crippen molar-refractivity contribution in [3.05, 3.63) is 60.3 Å².